The second-order valence-electron chi connectivity index (χ2n) is 4.16. The lowest BCUT2D eigenvalue weighted by atomic mass is 10.3. The average Bonchev–Trinajstić information content (AvgIpc) is 2.46. The van der Waals surface area contributed by atoms with E-state index in [1.54, 1.807) is 0 Å². The first kappa shape index (κ1) is 16.8. The highest BCUT2D eigenvalue weighted by Gasteiger charge is 2.28. The van der Waals surface area contributed by atoms with Gasteiger partial charge >= 0.3 is 10.1 Å². The van der Waals surface area contributed by atoms with Crippen molar-refractivity contribution in [1.29, 1.82) is 0 Å². The van der Waals surface area contributed by atoms with Crippen LogP contribution in [-0.2, 0) is 10.1 Å². The Morgan fingerprint density at radius 2 is 1.70 bits per heavy atom. The minimum Gasteiger partial charge on any atom is -0.379 e. The SMILES string of the molecule is O=[N+]([O-])c1cccc(OS(=O)(=O)c2ccc(Br)cc2[N+](=O)[O-])c1. The number of benzene rings is 2. The molecule has 0 aliphatic heterocycles. The van der Waals surface area contributed by atoms with Gasteiger partial charge in [-0.05, 0) is 18.2 Å². The smallest absolute Gasteiger partial charge is 0.346 e. The zero-order chi connectivity index (χ0) is 17.2. The van der Waals surface area contributed by atoms with Gasteiger partial charge in [0.05, 0.1) is 15.9 Å². The van der Waals surface area contributed by atoms with E-state index < -0.39 is 30.5 Å². The van der Waals surface area contributed by atoms with Gasteiger partial charge in [-0.25, -0.2) is 0 Å². The van der Waals surface area contributed by atoms with Crippen molar-refractivity contribution in [2.75, 3.05) is 0 Å². The fraction of sp³-hybridized carbons (Fsp3) is 0. The number of hydrogen-bond donors (Lipinski definition) is 0. The van der Waals surface area contributed by atoms with E-state index in [0.29, 0.717) is 4.47 Å². The van der Waals surface area contributed by atoms with Crippen LogP contribution in [0.1, 0.15) is 0 Å². The Hall–Kier alpha value is -2.53. The van der Waals surface area contributed by atoms with Crippen LogP contribution in [-0.4, -0.2) is 18.3 Å². The monoisotopic (exact) mass is 402 g/mol. The third-order valence-corrected chi connectivity index (χ3v) is 4.41. The second-order valence-corrected chi connectivity index (χ2v) is 6.59. The Balaban J connectivity index is 2.46. The lowest BCUT2D eigenvalue weighted by molar-refractivity contribution is -0.388. The lowest BCUT2D eigenvalue weighted by Crippen LogP contribution is -2.12. The molecule has 0 fully saturated rings. The molecule has 0 unspecified atom stereocenters. The van der Waals surface area contributed by atoms with Gasteiger partial charge in [0.1, 0.15) is 5.75 Å². The average molecular weight is 403 g/mol. The van der Waals surface area contributed by atoms with Crippen molar-refractivity contribution >= 4 is 37.4 Å². The minimum absolute atomic E-state index is 0.318. The third kappa shape index (κ3) is 3.81. The molecule has 2 rings (SSSR count). The predicted molar refractivity (Wildman–Crippen MR) is 81.7 cm³/mol. The van der Waals surface area contributed by atoms with E-state index in [-0.39, 0.29) is 11.4 Å². The molecule has 0 heterocycles. The van der Waals surface area contributed by atoms with E-state index in [1.807, 2.05) is 0 Å². The summed E-state index contributed by atoms with van der Waals surface area (Å²) in [6.07, 6.45) is 0. The molecule has 0 aliphatic carbocycles. The summed E-state index contributed by atoms with van der Waals surface area (Å²) in [5.74, 6) is -0.323. The maximum atomic E-state index is 12.2. The van der Waals surface area contributed by atoms with Crippen LogP contribution in [0.5, 0.6) is 5.75 Å². The van der Waals surface area contributed by atoms with Crippen LogP contribution in [0.4, 0.5) is 11.4 Å². The van der Waals surface area contributed by atoms with Crippen molar-refractivity contribution in [3.8, 4) is 5.75 Å². The van der Waals surface area contributed by atoms with Gasteiger partial charge in [0.15, 0.2) is 4.90 Å². The van der Waals surface area contributed by atoms with E-state index in [1.165, 1.54) is 18.2 Å². The lowest BCUT2D eigenvalue weighted by Gasteiger charge is -2.07. The van der Waals surface area contributed by atoms with Gasteiger partial charge in [-0.3, -0.25) is 20.2 Å². The van der Waals surface area contributed by atoms with Crippen LogP contribution in [0.3, 0.4) is 0 Å². The fourth-order valence-electron chi connectivity index (χ4n) is 1.67. The summed E-state index contributed by atoms with van der Waals surface area (Å²) in [5.41, 5.74) is -1.05. The van der Waals surface area contributed by atoms with Crippen LogP contribution in [0.2, 0.25) is 0 Å². The zero-order valence-corrected chi connectivity index (χ0v) is 13.5. The Morgan fingerprint density at radius 1 is 1.00 bits per heavy atom. The van der Waals surface area contributed by atoms with Crippen molar-refractivity contribution < 1.29 is 22.4 Å². The van der Waals surface area contributed by atoms with Crippen molar-refractivity contribution in [1.82, 2.24) is 0 Å². The standard InChI is InChI=1S/C12H7BrN2O7S/c13-8-4-5-12(11(6-8)15(18)19)23(20,21)22-10-3-1-2-9(7-10)14(16)17/h1-7H. The molecule has 0 atom stereocenters. The van der Waals surface area contributed by atoms with Crippen molar-refractivity contribution in [2.45, 2.75) is 4.90 Å². The summed E-state index contributed by atoms with van der Waals surface area (Å²) >= 11 is 3.01. The summed E-state index contributed by atoms with van der Waals surface area (Å²) in [5, 5.41) is 21.7. The van der Waals surface area contributed by atoms with E-state index in [2.05, 4.69) is 15.9 Å². The first-order chi connectivity index (χ1) is 10.7. The molecule has 0 aromatic heterocycles. The molecule has 2 aromatic rings. The summed E-state index contributed by atoms with van der Waals surface area (Å²) in [6.45, 7) is 0. The number of hydrogen-bond acceptors (Lipinski definition) is 7. The largest absolute Gasteiger partial charge is 0.379 e. The molecule has 0 spiro atoms. The highest BCUT2D eigenvalue weighted by molar-refractivity contribution is 9.10. The zero-order valence-electron chi connectivity index (χ0n) is 11.1. The molecule has 11 heteroatoms. The van der Waals surface area contributed by atoms with Crippen LogP contribution in [0.15, 0.2) is 51.8 Å². The third-order valence-electron chi connectivity index (χ3n) is 2.62. The van der Waals surface area contributed by atoms with Crippen molar-refractivity contribution in [3.63, 3.8) is 0 Å². The first-order valence-electron chi connectivity index (χ1n) is 5.83. The Morgan fingerprint density at radius 3 is 2.30 bits per heavy atom. The molecule has 9 nitrogen and oxygen atoms in total. The van der Waals surface area contributed by atoms with Crippen molar-refractivity contribution in [3.05, 3.63) is 67.2 Å². The minimum atomic E-state index is -4.53. The van der Waals surface area contributed by atoms with E-state index in [9.17, 15) is 28.6 Å². The molecular formula is C12H7BrN2O7S. The van der Waals surface area contributed by atoms with E-state index in [4.69, 9.17) is 4.18 Å². The van der Waals surface area contributed by atoms with Crippen LogP contribution in [0, 0.1) is 20.2 Å². The summed E-state index contributed by atoms with van der Waals surface area (Å²) < 4.78 is 29.5. The Kier molecular flexibility index (Phi) is 4.61. The summed E-state index contributed by atoms with van der Waals surface area (Å²) in [6, 6.07) is 7.81. The highest BCUT2D eigenvalue weighted by atomic mass is 79.9. The number of nitro benzene ring substituents is 2. The number of halogens is 1. The van der Waals surface area contributed by atoms with Crippen LogP contribution >= 0.6 is 15.9 Å². The first-order valence-corrected chi connectivity index (χ1v) is 8.04. The van der Waals surface area contributed by atoms with Crippen molar-refractivity contribution in [2.24, 2.45) is 0 Å². The molecular weight excluding hydrogens is 396 g/mol. The summed E-state index contributed by atoms with van der Waals surface area (Å²) in [4.78, 5) is 19.4. The molecule has 0 N–H and O–H groups in total. The van der Waals surface area contributed by atoms with Crippen LogP contribution < -0.4 is 4.18 Å². The highest BCUT2D eigenvalue weighted by Crippen LogP contribution is 2.30. The molecule has 120 valence electrons. The molecule has 23 heavy (non-hydrogen) atoms. The molecule has 2 aromatic carbocycles. The fourth-order valence-corrected chi connectivity index (χ4v) is 3.09. The maximum absolute atomic E-state index is 12.2. The topological polar surface area (TPSA) is 130 Å². The molecule has 0 radical (unpaired) electrons. The van der Waals surface area contributed by atoms with E-state index in [0.717, 1.165) is 24.3 Å². The maximum Gasteiger partial charge on any atom is 0.346 e. The number of nitrogens with zero attached hydrogens (tertiary/aromatic N) is 2. The predicted octanol–water partition coefficient (Wildman–Crippen LogP) is 3.03. The molecule has 0 saturated carbocycles. The van der Waals surface area contributed by atoms with Gasteiger partial charge in [-0.2, -0.15) is 8.42 Å². The molecule has 0 bridgehead atoms. The Labute approximate surface area is 138 Å². The van der Waals surface area contributed by atoms with Gasteiger partial charge in [-0.15, -0.1) is 0 Å². The normalized spacial score (nSPS) is 11.0. The van der Waals surface area contributed by atoms with E-state index >= 15 is 0 Å². The van der Waals surface area contributed by atoms with Gasteiger partial charge in [0.2, 0.25) is 0 Å². The number of rotatable bonds is 5. The number of non-ortho nitro benzene ring substituents is 1. The summed E-state index contributed by atoms with van der Waals surface area (Å²) in [7, 11) is -4.53. The van der Waals surface area contributed by atoms with Gasteiger partial charge < -0.3 is 4.18 Å². The van der Waals surface area contributed by atoms with Gasteiger partial charge in [-0.1, -0.05) is 22.0 Å². The molecule has 0 aliphatic rings. The second kappa shape index (κ2) is 6.30. The molecule has 0 amide bonds. The van der Waals surface area contributed by atoms with Gasteiger partial charge in [0, 0.05) is 16.6 Å². The molecule has 0 saturated heterocycles. The van der Waals surface area contributed by atoms with Crippen LogP contribution in [0.25, 0.3) is 0 Å². The quantitative estimate of drug-likeness (QED) is 0.426. The van der Waals surface area contributed by atoms with Gasteiger partial charge in [0.25, 0.3) is 11.4 Å². The number of nitro groups is 2. The Bertz CT molecular complexity index is 898.